The highest BCUT2D eigenvalue weighted by molar-refractivity contribution is 7.89. The van der Waals surface area contributed by atoms with E-state index in [1.165, 1.54) is 10.5 Å². The molecule has 0 radical (unpaired) electrons. The molecule has 8 nitrogen and oxygen atoms in total. The van der Waals surface area contributed by atoms with E-state index in [2.05, 4.69) is 22.1 Å². The van der Waals surface area contributed by atoms with Crippen LogP contribution < -0.4 is 0 Å². The highest BCUT2D eigenvalue weighted by atomic mass is 32.2. The molecule has 1 saturated heterocycles. The first-order valence-corrected chi connectivity index (χ1v) is 10.4. The summed E-state index contributed by atoms with van der Waals surface area (Å²) in [6.45, 7) is 2.15. The van der Waals surface area contributed by atoms with Crippen molar-refractivity contribution in [1.29, 1.82) is 10.5 Å². The fraction of sp³-hybridized carbons (Fsp3) is 0.316. The average Bonchev–Trinajstić information content (AvgIpc) is 3.32. The number of nitriles is 2. The molecule has 4 rings (SSSR count). The molecule has 0 atom stereocenters. The van der Waals surface area contributed by atoms with Crippen molar-refractivity contribution in [2.45, 2.75) is 18.9 Å². The van der Waals surface area contributed by atoms with Gasteiger partial charge >= 0.3 is 0 Å². The second-order valence-corrected chi connectivity index (χ2v) is 9.19. The maximum atomic E-state index is 12.1. The molecule has 0 saturated carbocycles. The zero-order chi connectivity index (χ0) is 19.9. The first-order valence-electron chi connectivity index (χ1n) is 8.84. The molecule has 0 amide bonds. The molecule has 1 N–H and O–H groups in total. The minimum absolute atomic E-state index is 0.0422. The molecule has 0 spiro atoms. The maximum Gasteiger partial charge on any atom is 0.213 e. The molecule has 4 heterocycles. The predicted octanol–water partition coefficient (Wildman–Crippen LogP) is 2.18. The standard InChI is InChI=1S/C19H18N6O2S/c1-2-28(26,27)25-12-19(13-25,5-6-20)24-8-4-14(11-24)17-15(9-21)10-23-18-16(17)3-7-22-18/h3-4,7-8,10-11H,2,5,12-13H2,1H3,(H,22,23). The second kappa shape index (κ2) is 6.48. The normalized spacial score (nSPS) is 16.4. The number of sulfonamides is 1. The molecular formula is C19H18N6O2S. The molecular weight excluding hydrogens is 376 g/mol. The lowest BCUT2D eigenvalue weighted by Gasteiger charge is -2.48. The van der Waals surface area contributed by atoms with Crippen molar-refractivity contribution < 1.29 is 8.42 Å². The van der Waals surface area contributed by atoms with Crippen LogP contribution in [0.2, 0.25) is 0 Å². The van der Waals surface area contributed by atoms with Crippen molar-refractivity contribution in [1.82, 2.24) is 18.8 Å². The smallest absolute Gasteiger partial charge is 0.213 e. The molecule has 142 valence electrons. The fourth-order valence-electron chi connectivity index (χ4n) is 3.75. The predicted molar refractivity (Wildman–Crippen MR) is 103 cm³/mol. The van der Waals surface area contributed by atoms with E-state index in [9.17, 15) is 18.9 Å². The third-order valence-corrected chi connectivity index (χ3v) is 7.12. The van der Waals surface area contributed by atoms with Crippen molar-refractivity contribution in [2.75, 3.05) is 18.8 Å². The Hall–Kier alpha value is -3.14. The molecule has 1 fully saturated rings. The van der Waals surface area contributed by atoms with Crippen LogP contribution in [0.4, 0.5) is 0 Å². The number of rotatable bonds is 5. The lowest BCUT2D eigenvalue weighted by Crippen LogP contribution is -2.63. The molecule has 28 heavy (non-hydrogen) atoms. The molecule has 0 aromatic carbocycles. The van der Waals surface area contributed by atoms with Gasteiger partial charge in [0.2, 0.25) is 10.0 Å². The monoisotopic (exact) mass is 394 g/mol. The van der Waals surface area contributed by atoms with Crippen LogP contribution in [0.3, 0.4) is 0 Å². The van der Waals surface area contributed by atoms with Crippen molar-refractivity contribution in [3.8, 4) is 23.3 Å². The molecule has 0 aliphatic carbocycles. The van der Waals surface area contributed by atoms with Crippen molar-refractivity contribution in [3.63, 3.8) is 0 Å². The zero-order valence-electron chi connectivity index (χ0n) is 15.3. The van der Waals surface area contributed by atoms with Gasteiger partial charge in [0.15, 0.2) is 0 Å². The van der Waals surface area contributed by atoms with E-state index in [1.54, 1.807) is 13.1 Å². The summed E-state index contributed by atoms with van der Waals surface area (Å²) in [7, 11) is -3.28. The number of nitrogens with zero attached hydrogens (tertiary/aromatic N) is 5. The van der Waals surface area contributed by atoms with E-state index in [-0.39, 0.29) is 25.3 Å². The van der Waals surface area contributed by atoms with Gasteiger partial charge in [0, 0.05) is 54.4 Å². The largest absolute Gasteiger partial charge is 0.346 e. The Morgan fingerprint density at radius 2 is 2.11 bits per heavy atom. The molecule has 3 aromatic rings. The van der Waals surface area contributed by atoms with Crippen LogP contribution in [-0.4, -0.2) is 46.1 Å². The number of hydrogen-bond acceptors (Lipinski definition) is 5. The summed E-state index contributed by atoms with van der Waals surface area (Å²) in [6, 6.07) is 8.13. The zero-order valence-corrected chi connectivity index (χ0v) is 16.1. The molecule has 3 aromatic heterocycles. The second-order valence-electron chi connectivity index (χ2n) is 6.93. The third-order valence-electron chi connectivity index (χ3n) is 5.34. The van der Waals surface area contributed by atoms with Crippen LogP contribution in [0.25, 0.3) is 22.2 Å². The van der Waals surface area contributed by atoms with Crippen molar-refractivity contribution in [2.24, 2.45) is 0 Å². The molecule has 9 heteroatoms. The van der Waals surface area contributed by atoms with Crippen molar-refractivity contribution >= 4 is 21.1 Å². The minimum atomic E-state index is -3.28. The Morgan fingerprint density at radius 1 is 1.32 bits per heavy atom. The number of H-pyrrole nitrogens is 1. The van der Waals surface area contributed by atoms with Gasteiger partial charge in [-0.05, 0) is 19.1 Å². The summed E-state index contributed by atoms with van der Waals surface area (Å²) in [5, 5.41) is 19.7. The van der Waals surface area contributed by atoms with Crippen LogP contribution in [0, 0.1) is 22.7 Å². The van der Waals surface area contributed by atoms with Gasteiger partial charge in [0.25, 0.3) is 0 Å². The number of fused-ring (bicyclic) bond motifs is 1. The topological polar surface area (TPSA) is 119 Å². The van der Waals surface area contributed by atoms with Crippen LogP contribution in [0.5, 0.6) is 0 Å². The van der Waals surface area contributed by atoms with Gasteiger partial charge in [0.1, 0.15) is 11.7 Å². The van der Waals surface area contributed by atoms with Gasteiger partial charge in [-0.1, -0.05) is 0 Å². The highest BCUT2D eigenvalue weighted by Crippen LogP contribution is 2.38. The molecule has 0 bridgehead atoms. The SMILES string of the molecule is CCS(=O)(=O)N1CC(CC#N)(n2ccc(-c3c(C#N)cnc4[nH]ccc34)c2)C1. The molecule has 1 aliphatic rings. The van der Waals surface area contributed by atoms with Gasteiger partial charge in [-0.15, -0.1) is 0 Å². The number of pyridine rings is 1. The Kier molecular flexibility index (Phi) is 4.22. The van der Waals surface area contributed by atoms with E-state index in [1.807, 2.05) is 29.1 Å². The third kappa shape index (κ3) is 2.68. The van der Waals surface area contributed by atoms with E-state index in [4.69, 9.17) is 0 Å². The van der Waals surface area contributed by atoms with Crippen LogP contribution >= 0.6 is 0 Å². The van der Waals surface area contributed by atoms with Crippen LogP contribution in [0.1, 0.15) is 18.9 Å². The van der Waals surface area contributed by atoms with E-state index >= 15 is 0 Å². The Balaban J connectivity index is 1.75. The quantitative estimate of drug-likeness (QED) is 0.711. The average molecular weight is 394 g/mol. The Bertz CT molecular complexity index is 1240. The van der Waals surface area contributed by atoms with Gasteiger partial charge in [0.05, 0.1) is 29.3 Å². The summed E-state index contributed by atoms with van der Waals surface area (Å²) in [5.74, 6) is 0.0422. The number of aromatic nitrogens is 3. The van der Waals surface area contributed by atoms with Crippen LogP contribution in [0.15, 0.2) is 36.9 Å². The number of aromatic amines is 1. The van der Waals surface area contributed by atoms with E-state index in [0.717, 1.165) is 16.5 Å². The summed E-state index contributed by atoms with van der Waals surface area (Å²) in [6.07, 6.45) is 7.25. The Morgan fingerprint density at radius 3 is 2.79 bits per heavy atom. The fourth-order valence-corrected chi connectivity index (χ4v) is 4.99. The van der Waals surface area contributed by atoms with Gasteiger partial charge in [-0.3, -0.25) is 0 Å². The van der Waals surface area contributed by atoms with Crippen LogP contribution in [-0.2, 0) is 15.6 Å². The summed E-state index contributed by atoms with van der Waals surface area (Å²) in [4.78, 5) is 7.30. The van der Waals surface area contributed by atoms with Gasteiger partial charge < -0.3 is 9.55 Å². The molecule has 1 aliphatic heterocycles. The first-order chi connectivity index (χ1) is 13.4. The van der Waals surface area contributed by atoms with E-state index < -0.39 is 15.6 Å². The Labute approximate surface area is 162 Å². The van der Waals surface area contributed by atoms with Crippen molar-refractivity contribution in [3.05, 3.63) is 42.5 Å². The summed E-state index contributed by atoms with van der Waals surface area (Å²) < 4.78 is 27.6. The maximum absolute atomic E-state index is 12.1. The van der Waals surface area contributed by atoms with E-state index in [0.29, 0.717) is 11.2 Å². The summed E-state index contributed by atoms with van der Waals surface area (Å²) in [5.41, 5.74) is 2.17. The van der Waals surface area contributed by atoms with Gasteiger partial charge in [-0.2, -0.15) is 14.8 Å². The lowest BCUT2D eigenvalue weighted by atomic mass is 9.89. The minimum Gasteiger partial charge on any atom is -0.346 e. The first kappa shape index (κ1) is 18.2. The van der Waals surface area contributed by atoms with Gasteiger partial charge in [-0.25, -0.2) is 13.4 Å². The molecule has 0 unspecified atom stereocenters. The summed E-state index contributed by atoms with van der Waals surface area (Å²) >= 11 is 0. The lowest BCUT2D eigenvalue weighted by molar-refractivity contribution is 0.0851. The number of hydrogen-bond donors (Lipinski definition) is 1. The highest BCUT2D eigenvalue weighted by Gasteiger charge is 2.48. The number of nitrogens with one attached hydrogen (secondary N) is 1.